The van der Waals surface area contributed by atoms with Crippen LogP contribution in [0.4, 0.5) is 0 Å². The van der Waals surface area contributed by atoms with E-state index in [-0.39, 0.29) is 35.3 Å². The first-order chi connectivity index (χ1) is 25.2. The van der Waals surface area contributed by atoms with Crippen LogP contribution in [0.3, 0.4) is 0 Å². The molecule has 3 rings (SSSR count). The summed E-state index contributed by atoms with van der Waals surface area (Å²) in [6.45, 7) is 6.79. The minimum absolute atomic E-state index is 0. The van der Waals surface area contributed by atoms with Crippen LogP contribution in [0.25, 0.3) is 16.9 Å². The van der Waals surface area contributed by atoms with Crippen molar-refractivity contribution in [3.05, 3.63) is 103 Å². The van der Waals surface area contributed by atoms with Gasteiger partial charge >= 0.3 is 20.4 Å². The standard InChI is InChI=1S/C49H74N2.2CH3.Pd/c1-4-7-10-11-12-13-14-15-16-17-18-19-20-21-22-23-24-25-26-27-28-30-36-44-37-31-32-40-47(44)48-42-46(38-29-8-5-2)49(51(48)50)45-39-33-35-43(41-45)34-9-6-3;;;/h31-33,35,37,39-42H,4-26,29-30,34,36,38H2,1-3H3;2*1H3;/q;2*-1;+2. The topological polar surface area (TPSA) is 25.3 Å². The number of nitrogens with zero attached hydrogens (tertiary/aromatic N) is 2. The maximum Gasteiger partial charge on any atom is 2.00 e. The second kappa shape index (κ2) is 34.0. The fourth-order valence-electron chi connectivity index (χ4n) is 7.54. The number of aryl methyl sites for hydroxylation is 2. The average Bonchev–Trinajstić information content (AvgIpc) is 3.48. The number of rotatable bonds is 29. The van der Waals surface area contributed by atoms with Crippen molar-refractivity contribution in [1.82, 2.24) is 0 Å². The van der Waals surface area contributed by atoms with Crippen molar-refractivity contribution in [2.45, 2.75) is 201 Å². The van der Waals surface area contributed by atoms with E-state index in [9.17, 15) is 5.53 Å². The Morgan fingerprint density at radius 3 is 1.63 bits per heavy atom. The van der Waals surface area contributed by atoms with Gasteiger partial charge in [-0.05, 0) is 67.9 Å². The van der Waals surface area contributed by atoms with E-state index >= 15 is 0 Å². The fraction of sp³-hybridized carbons (Fsp3) is 0.608. The third kappa shape index (κ3) is 20.6. The molecule has 2 aromatic rings. The maximum absolute atomic E-state index is 11.7. The molecule has 2 aromatic carbocycles. The van der Waals surface area contributed by atoms with Crippen molar-refractivity contribution < 1.29 is 25.1 Å². The van der Waals surface area contributed by atoms with Gasteiger partial charge in [0.1, 0.15) is 0 Å². The number of unbranched alkanes of at least 4 members (excludes halogenated alkanes) is 21. The molecule has 0 aliphatic carbocycles. The molecule has 2 nitrogen and oxygen atoms in total. The monoisotopic (exact) mass is 827 g/mol. The van der Waals surface area contributed by atoms with Gasteiger partial charge in [-0.3, -0.25) is 0 Å². The van der Waals surface area contributed by atoms with Gasteiger partial charge in [-0.2, -0.15) is 0 Å². The zero-order valence-corrected chi connectivity index (χ0v) is 37.3. The molecule has 0 spiro atoms. The summed E-state index contributed by atoms with van der Waals surface area (Å²) in [6.07, 6.45) is 38.4. The predicted molar refractivity (Wildman–Crippen MR) is 236 cm³/mol. The van der Waals surface area contributed by atoms with Crippen LogP contribution in [-0.4, -0.2) is 4.70 Å². The Bertz CT molecular complexity index is 1370. The van der Waals surface area contributed by atoms with Gasteiger partial charge in [0.15, 0.2) is 0 Å². The van der Waals surface area contributed by atoms with E-state index in [4.69, 9.17) is 0 Å². The minimum Gasteiger partial charge on any atom is -0.493 e. The van der Waals surface area contributed by atoms with Crippen molar-refractivity contribution in [2.24, 2.45) is 0 Å². The SMILES string of the molecule is CCCCCCCCCCCCCCCCCCCCC#CCCc1ccccc1C1=CC(CCCCC)=C(c2cccc(CCCC)c2)[N+]1=[N-].[CH3-].[CH3-].[Pd+2]. The van der Waals surface area contributed by atoms with E-state index < -0.39 is 0 Å². The Morgan fingerprint density at radius 1 is 0.519 bits per heavy atom. The van der Waals surface area contributed by atoms with Crippen molar-refractivity contribution in [3.63, 3.8) is 0 Å². The summed E-state index contributed by atoms with van der Waals surface area (Å²) in [7, 11) is 0. The van der Waals surface area contributed by atoms with Gasteiger partial charge in [0, 0.05) is 35.6 Å². The van der Waals surface area contributed by atoms with Crippen LogP contribution in [-0.2, 0) is 33.3 Å². The molecule has 1 heterocycles. The predicted octanol–water partition coefficient (Wildman–Crippen LogP) is 16.7. The van der Waals surface area contributed by atoms with Gasteiger partial charge in [0.25, 0.3) is 0 Å². The van der Waals surface area contributed by atoms with Crippen LogP contribution >= 0.6 is 0 Å². The van der Waals surface area contributed by atoms with Gasteiger partial charge in [0.2, 0.25) is 11.4 Å². The summed E-state index contributed by atoms with van der Waals surface area (Å²) in [6, 6.07) is 17.4. The van der Waals surface area contributed by atoms with Crippen LogP contribution in [0.15, 0.2) is 60.2 Å². The molecule has 3 heteroatoms. The smallest absolute Gasteiger partial charge is 0.493 e. The van der Waals surface area contributed by atoms with E-state index in [1.165, 1.54) is 163 Å². The molecule has 0 bridgehead atoms. The van der Waals surface area contributed by atoms with Crippen molar-refractivity contribution in [3.8, 4) is 11.8 Å². The molecule has 0 radical (unpaired) electrons. The summed E-state index contributed by atoms with van der Waals surface area (Å²) >= 11 is 0. The Labute approximate surface area is 350 Å². The van der Waals surface area contributed by atoms with Crippen molar-refractivity contribution in [2.75, 3.05) is 0 Å². The van der Waals surface area contributed by atoms with E-state index in [0.717, 1.165) is 61.0 Å². The van der Waals surface area contributed by atoms with Gasteiger partial charge in [-0.15, -0.1) is 11.8 Å². The molecule has 1 aliphatic rings. The molecule has 0 fully saturated rings. The van der Waals surface area contributed by atoms with Crippen LogP contribution in [0, 0.1) is 26.7 Å². The Balaban J connectivity index is 0.00000936. The normalized spacial score (nSPS) is 12.1. The second-order valence-electron chi connectivity index (χ2n) is 15.2. The van der Waals surface area contributed by atoms with Crippen molar-refractivity contribution >= 4 is 11.4 Å². The number of benzene rings is 2. The molecular formula is C51H80N2Pd. The Morgan fingerprint density at radius 2 is 1.04 bits per heavy atom. The average molecular weight is 828 g/mol. The summed E-state index contributed by atoms with van der Waals surface area (Å²) in [4.78, 5) is 0. The summed E-state index contributed by atoms with van der Waals surface area (Å²) in [5, 5.41) is 0. The molecule has 0 aromatic heterocycles. The first-order valence-electron chi connectivity index (χ1n) is 21.8. The van der Waals surface area contributed by atoms with Crippen LogP contribution in [0.5, 0.6) is 0 Å². The van der Waals surface area contributed by atoms with Gasteiger partial charge in [-0.1, -0.05) is 180 Å². The van der Waals surface area contributed by atoms with Gasteiger partial charge in [0.05, 0.1) is 0 Å². The minimum atomic E-state index is 0. The summed E-state index contributed by atoms with van der Waals surface area (Å²) < 4.78 is 1.48. The molecule has 0 saturated heterocycles. The van der Waals surface area contributed by atoms with Crippen LogP contribution < -0.4 is 0 Å². The molecule has 0 saturated carbocycles. The molecule has 0 atom stereocenters. The largest absolute Gasteiger partial charge is 2.00 e. The van der Waals surface area contributed by atoms with E-state index in [2.05, 4.69) is 87.2 Å². The van der Waals surface area contributed by atoms with Crippen molar-refractivity contribution in [1.29, 1.82) is 0 Å². The van der Waals surface area contributed by atoms with Gasteiger partial charge in [-0.25, -0.2) is 4.70 Å². The third-order valence-corrected chi connectivity index (χ3v) is 10.7. The zero-order chi connectivity index (χ0) is 36.2. The quantitative estimate of drug-likeness (QED) is 0.0257. The van der Waals surface area contributed by atoms with Crippen LogP contribution in [0.1, 0.15) is 210 Å². The molecule has 0 unspecified atom stereocenters. The van der Waals surface area contributed by atoms with E-state index in [0.29, 0.717) is 0 Å². The Hall–Kier alpha value is -2.26. The number of allylic oxidation sites excluding steroid dienone is 2. The molecule has 0 amide bonds. The molecular weight excluding hydrogens is 747 g/mol. The zero-order valence-electron chi connectivity index (χ0n) is 35.7. The molecule has 304 valence electrons. The molecule has 0 N–H and O–H groups in total. The number of hydrogen-bond donors (Lipinski definition) is 0. The Kier molecular flexibility index (Phi) is 32.6. The van der Waals surface area contributed by atoms with E-state index in [1.807, 2.05) is 0 Å². The van der Waals surface area contributed by atoms with Gasteiger partial charge < -0.3 is 20.4 Å². The second-order valence-corrected chi connectivity index (χ2v) is 15.2. The summed E-state index contributed by atoms with van der Waals surface area (Å²) in [5.74, 6) is 6.92. The fourth-order valence-corrected chi connectivity index (χ4v) is 7.54. The molecule has 1 aliphatic heterocycles. The summed E-state index contributed by atoms with van der Waals surface area (Å²) in [5.41, 5.74) is 19.7. The first kappa shape index (κ1) is 51.7. The third-order valence-electron chi connectivity index (χ3n) is 10.7. The number of hydrogen-bond acceptors (Lipinski definition) is 0. The van der Waals surface area contributed by atoms with Crippen LogP contribution in [0.2, 0.25) is 0 Å². The maximum atomic E-state index is 11.7. The van der Waals surface area contributed by atoms with E-state index in [1.54, 1.807) is 0 Å². The molecule has 54 heavy (non-hydrogen) atoms. The first-order valence-corrected chi connectivity index (χ1v) is 21.8.